The van der Waals surface area contributed by atoms with Crippen LogP contribution in [0.4, 0.5) is 8.78 Å². The molecular formula is C10H12ClF2N. The van der Waals surface area contributed by atoms with Gasteiger partial charge < -0.3 is 5.73 Å². The second-order valence-electron chi connectivity index (χ2n) is 3.63. The van der Waals surface area contributed by atoms with Gasteiger partial charge in [0.1, 0.15) is 11.6 Å². The van der Waals surface area contributed by atoms with Gasteiger partial charge in [0.15, 0.2) is 0 Å². The molecule has 0 unspecified atom stereocenters. The minimum absolute atomic E-state index is 0. The van der Waals surface area contributed by atoms with E-state index in [9.17, 15) is 8.78 Å². The Balaban J connectivity index is 0.000000980. The van der Waals surface area contributed by atoms with Gasteiger partial charge in [0.2, 0.25) is 0 Å². The van der Waals surface area contributed by atoms with Crippen molar-refractivity contribution in [2.75, 3.05) is 0 Å². The average molecular weight is 220 g/mol. The van der Waals surface area contributed by atoms with Gasteiger partial charge in [-0.25, -0.2) is 8.78 Å². The molecule has 1 nitrogen and oxygen atoms in total. The lowest BCUT2D eigenvalue weighted by atomic mass is 9.72. The highest BCUT2D eigenvalue weighted by Gasteiger charge is 2.36. The fourth-order valence-electron chi connectivity index (χ4n) is 1.72. The average Bonchev–Trinajstić information content (AvgIpc) is 2.00. The molecule has 0 spiro atoms. The van der Waals surface area contributed by atoms with Gasteiger partial charge in [0.05, 0.1) is 0 Å². The molecule has 0 radical (unpaired) electrons. The van der Waals surface area contributed by atoms with E-state index in [1.54, 1.807) is 0 Å². The summed E-state index contributed by atoms with van der Waals surface area (Å²) in [6.07, 6.45) is 2.60. The first-order valence-corrected chi connectivity index (χ1v) is 4.36. The molecule has 2 rings (SSSR count). The molecule has 1 saturated carbocycles. The SMILES string of the molecule is Cl.NC1(c2ccc(F)cc2F)CCC1. The molecule has 0 amide bonds. The van der Waals surface area contributed by atoms with E-state index >= 15 is 0 Å². The van der Waals surface area contributed by atoms with E-state index in [4.69, 9.17) is 5.73 Å². The van der Waals surface area contributed by atoms with Crippen LogP contribution in [-0.2, 0) is 5.54 Å². The lowest BCUT2D eigenvalue weighted by Crippen LogP contribution is -2.44. The van der Waals surface area contributed by atoms with Crippen molar-refractivity contribution in [1.29, 1.82) is 0 Å². The molecule has 1 aliphatic carbocycles. The molecule has 0 bridgehead atoms. The van der Waals surface area contributed by atoms with Crippen LogP contribution in [-0.4, -0.2) is 0 Å². The molecule has 0 saturated heterocycles. The van der Waals surface area contributed by atoms with Crippen LogP contribution < -0.4 is 5.73 Å². The summed E-state index contributed by atoms with van der Waals surface area (Å²) < 4.78 is 25.8. The fourth-order valence-corrected chi connectivity index (χ4v) is 1.72. The Bertz CT molecular complexity index is 337. The smallest absolute Gasteiger partial charge is 0.131 e. The zero-order chi connectivity index (χ0) is 9.47. The van der Waals surface area contributed by atoms with Crippen molar-refractivity contribution in [3.05, 3.63) is 35.4 Å². The number of hydrogen-bond acceptors (Lipinski definition) is 1. The van der Waals surface area contributed by atoms with Crippen LogP contribution in [0.15, 0.2) is 18.2 Å². The second-order valence-corrected chi connectivity index (χ2v) is 3.63. The number of rotatable bonds is 1. The maximum atomic E-state index is 13.2. The van der Waals surface area contributed by atoms with E-state index in [0.29, 0.717) is 5.56 Å². The Kier molecular flexibility index (Phi) is 3.12. The van der Waals surface area contributed by atoms with E-state index in [2.05, 4.69) is 0 Å². The molecule has 78 valence electrons. The lowest BCUT2D eigenvalue weighted by Gasteiger charge is -2.38. The third-order valence-electron chi connectivity index (χ3n) is 2.71. The Hall–Kier alpha value is -0.670. The highest BCUT2D eigenvalue weighted by Crippen LogP contribution is 2.39. The molecule has 14 heavy (non-hydrogen) atoms. The summed E-state index contributed by atoms with van der Waals surface area (Å²) in [7, 11) is 0. The zero-order valence-electron chi connectivity index (χ0n) is 7.59. The molecule has 1 aromatic carbocycles. The quantitative estimate of drug-likeness (QED) is 0.772. The number of nitrogens with two attached hydrogens (primary N) is 1. The van der Waals surface area contributed by atoms with Gasteiger partial charge >= 0.3 is 0 Å². The van der Waals surface area contributed by atoms with E-state index < -0.39 is 17.2 Å². The number of hydrogen-bond donors (Lipinski definition) is 1. The molecule has 1 aliphatic rings. The van der Waals surface area contributed by atoms with E-state index in [-0.39, 0.29) is 12.4 Å². The summed E-state index contributed by atoms with van der Waals surface area (Å²) in [4.78, 5) is 0. The minimum atomic E-state index is -0.552. The molecule has 0 atom stereocenters. The molecule has 2 N–H and O–H groups in total. The lowest BCUT2D eigenvalue weighted by molar-refractivity contribution is 0.245. The van der Waals surface area contributed by atoms with Crippen molar-refractivity contribution in [3.8, 4) is 0 Å². The Morgan fingerprint density at radius 3 is 2.29 bits per heavy atom. The molecule has 0 aromatic heterocycles. The van der Waals surface area contributed by atoms with E-state index in [1.807, 2.05) is 0 Å². The van der Waals surface area contributed by atoms with Crippen LogP contribution in [0.2, 0.25) is 0 Å². The van der Waals surface area contributed by atoms with E-state index in [0.717, 1.165) is 25.3 Å². The third kappa shape index (κ3) is 1.74. The highest BCUT2D eigenvalue weighted by atomic mass is 35.5. The molecule has 4 heteroatoms. The Labute approximate surface area is 87.7 Å². The van der Waals surface area contributed by atoms with Crippen LogP contribution in [0.3, 0.4) is 0 Å². The van der Waals surface area contributed by atoms with Crippen LogP contribution in [0, 0.1) is 11.6 Å². The van der Waals surface area contributed by atoms with Gasteiger partial charge in [0.25, 0.3) is 0 Å². The van der Waals surface area contributed by atoms with Crippen molar-refractivity contribution >= 4 is 12.4 Å². The summed E-state index contributed by atoms with van der Waals surface area (Å²) in [5, 5.41) is 0. The molecule has 0 aliphatic heterocycles. The Morgan fingerprint density at radius 2 is 1.86 bits per heavy atom. The standard InChI is InChI=1S/C10H11F2N.ClH/c11-7-2-3-8(9(12)6-7)10(13)4-1-5-10;/h2-3,6H,1,4-5,13H2;1H. The topological polar surface area (TPSA) is 26.0 Å². The van der Waals surface area contributed by atoms with Crippen LogP contribution >= 0.6 is 12.4 Å². The molecular weight excluding hydrogens is 208 g/mol. The van der Waals surface area contributed by atoms with Crippen LogP contribution in [0.1, 0.15) is 24.8 Å². The third-order valence-corrected chi connectivity index (χ3v) is 2.71. The Morgan fingerprint density at radius 1 is 1.21 bits per heavy atom. The molecule has 1 fully saturated rings. The van der Waals surface area contributed by atoms with Gasteiger partial charge in [-0.15, -0.1) is 12.4 Å². The monoisotopic (exact) mass is 219 g/mol. The van der Waals surface area contributed by atoms with Crippen LogP contribution in [0.25, 0.3) is 0 Å². The van der Waals surface area contributed by atoms with Gasteiger partial charge in [-0.05, 0) is 25.3 Å². The summed E-state index contributed by atoms with van der Waals surface area (Å²) in [6, 6.07) is 3.59. The zero-order valence-corrected chi connectivity index (χ0v) is 8.41. The van der Waals surface area contributed by atoms with Gasteiger partial charge in [-0.1, -0.05) is 6.07 Å². The van der Waals surface area contributed by atoms with Gasteiger partial charge in [0, 0.05) is 17.2 Å². The summed E-state index contributed by atoms with van der Waals surface area (Å²) in [5.41, 5.74) is 5.81. The van der Waals surface area contributed by atoms with Crippen molar-refractivity contribution in [3.63, 3.8) is 0 Å². The first-order valence-electron chi connectivity index (χ1n) is 4.36. The number of benzene rings is 1. The van der Waals surface area contributed by atoms with Gasteiger partial charge in [-0.3, -0.25) is 0 Å². The normalized spacial score (nSPS) is 18.2. The summed E-state index contributed by atoms with van der Waals surface area (Å²) in [6.45, 7) is 0. The maximum absolute atomic E-state index is 13.2. The maximum Gasteiger partial charge on any atom is 0.131 e. The van der Waals surface area contributed by atoms with Crippen molar-refractivity contribution in [2.24, 2.45) is 5.73 Å². The number of halogens is 3. The van der Waals surface area contributed by atoms with Crippen molar-refractivity contribution < 1.29 is 8.78 Å². The van der Waals surface area contributed by atoms with Crippen LogP contribution in [0.5, 0.6) is 0 Å². The molecule has 0 heterocycles. The molecule has 1 aromatic rings. The first-order chi connectivity index (χ1) is 6.12. The van der Waals surface area contributed by atoms with Gasteiger partial charge in [-0.2, -0.15) is 0 Å². The second kappa shape index (κ2) is 3.83. The van der Waals surface area contributed by atoms with E-state index in [1.165, 1.54) is 12.1 Å². The first kappa shape index (κ1) is 11.4. The minimum Gasteiger partial charge on any atom is -0.321 e. The highest BCUT2D eigenvalue weighted by molar-refractivity contribution is 5.85. The predicted octanol–water partition coefficient (Wildman–Crippen LogP) is 2.72. The summed E-state index contributed by atoms with van der Waals surface area (Å²) >= 11 is 0. The predicted molar refractivity (Wildman–Crippen MR) is 53.3 cm³/mol. The summed E-state index contributed by atoms with van der Waals surface area (Å²) in [5.74, 6) is -1.08. The van der Waals surface area contributed by atoms with Crippen molar-refractivity contribution in [1.82, 2.24) is 0 Å². The van der Waals surface area contributed by atoms with Crippen molar-refractivity contribution in [2.45, 2.75) is 24.8 Å². The fraction of sp³-hybridized carbons (Fsp3) is 0.400. The largest absolute Gasteiger partial charge is 0.321 e.